The van der Waals surface area contributed by atoms with Crippen molar-refractivity contribution in [1.29, 1.82) is 0 Å². The Kier molecular flexibility index (Phi) is 4.56. The summed E-state index contributed by atoms with van der Waals surface area (Å²) in [6.45, 7) is 8.88. The van der Waals surface area contributed by atoms with Gasteiger partial charge in [0, 0.05) is 56.9 Å². The highest BCUT2D eigenvalue weighted by Crippen LogP contribution is 2.30. The second-order valence-electron chi connectivity index (χ2n) is 7.65. The Bertz CT molecular complexity index is 958. The van der Waals surface area contributed by atoms with Gasteiger partial charge in [0.2, 0.25) is 0 Å². The molecule has 1 aromatic carbocycles. The minimum Gasteiger partial charge on any atom is -0.369 e. The second-order valence-corrected chi connectivity index (χ2v) is 7.65. The van der Waals surface area contributed by atoms with Crippen LogP contribution in [0.2, 0.25) is 0 Å². The van der Waals surface area contributed by atoms with Crippen LogP contribution in [0, 0.1) is 6.92 Å². The Morgan fingerprint density at radius 1 is 0.929 bits per heavy atom. The molecule has 0 spiro atoms. The molecule has 0 bridgehead atoms. The van der Waals surface area contributed by atoms with Crippen molar-refractivity contribution >= 4 is 22.4 Å². The smallest absolute Gasteiger partial charge is 0.139 e. The van der Waals surface area contributed by atoms with Crippen molar-refractivity contribution in [1.82, 2.24) is 25.2 Å². The average molecular weight is 379 g/mol. The molecule has 0 N–H and O–H groups in total. The molecule has 0 radical (unpaired) electrons. The Hall–Kier alpha value is -2.74. The summed E-state index contributed by atoms with van der Waals surface area (Å²) in [5.74, 6) is 1.08. The van der Waals surface area contributed by atoms with Crippen LogP contribution in [0.4, 0.5) is 11.5 Å². The van der Waals surface area contributed by atoms with Crippen LogP contribution >= 0.6 is 0 Å². The molecule has 2 aromatic heterocycles. The average Bonchev–Trinajstić information content (AvgIpc) is 3.40. The van der Waals surface area contributed by atoms with Crippen LogP contribution in [0.15, 0.2) is 29.2 Å². The van der Waals surface area contributed by atoms with E-state index in [1.165, 1.54) is 18.5 Å². The molecule has 2 aliphatic heterocycles. The van der Waals surface area contributed by atoms with Gasteiger partial charge < -0.3 is 9.80 Å². The third-order valence-corrected chi connectivity index (χ3v) is 5.86. The maximum Gasteiger partial charge on any atom is 0.139 e. The van der Waals surface area contributed by atoms with Crippen molar-refractivity contribution in [3.05, 3.63) is 35.9 Å². The number of aromatic nitrogens is 4. The summed E-state index contributed by atoms with van der Waals surface area (Å²) < 4.78 is 4.82. The van der Waals surface area contributed by atoms with Gasteiger partial charge in [-0.2, -0.15) is 0 Å². The van der Waals surface area contributed by atoms with Crippen molar-refractivity contribution < 1.29 is 4.63 Å². The SMILES string of the molecule is Cc1nonc1CN1CCN(c2ccc3ncnc(N4CCCC4)c3c2)CC1. The molecule has 0 atom stereocenters. The number of hydrogen-bond donors (Lipinski definition) is 0. The van der Waals surface area contributed by atoms with Gasteiger partial charge in [-0.15, -0.1) is 0 Å². The molecule has 2 aliphatic rings. The van der Waals surface area contributed by atoms with Crippen molar-refractivity contribution in [3.63, 3.8) is 0 Å². The Morgan fingerprint density at radius 2 is 1.75 bits per heavy atom. The fourth-order valence-electron chi connectivity index (χ4n) is 4.18. The predicted molar refractivity (Wildman–Crippen MR) is 108 cm³/mol. The van der Waals surface area contributed by atoms with Gasteiger partial charge in [0.15, 0.2) is 0 Å². The Labute approximate surface area is 164 Å². The van der Waals surface area contributed by atoms with E-state index in [1.807, 2.05) is 6.92 Å². The van der Waals surface area contributed by atoms with Gasteiger partial charge in [-0.1, -0.05) is 10.3 Å². The van der Waals surface area contributed by atoms with Crippen molar-refractivity contribution in [2.45, 2.75) is 26.3 Å². The van der Waals surface area contributed by atoms with E-state index in [0.717, 1.165) is 73.9 Å². The van der Waals surface area contributed by atoms with Gasteiger partial charge in [0.1, 0.15) is 23.5 Å². The molecule has 0 amide bonds. The molecule has 8 heteroatoms. The molecule has 0 aliphatic carbocycles. The molecule has 5 rings (SSSR count). The Morgan fingerprint density at radius 3 is 2.50 bits per heavy atom. The zero-order valence-electron chi connectivity index (χ0n) is 16.2. The first kappa shape index (κ1) is 17.4. The lowest BCUT2D eigenvalue weighted by Gasteiger charge is -2.36. The zero-order chi connectivity index (χ0) is 18.9. The van der Waals surface area contributed by atoms with E-state index >= 15 is 0 Å². The fourth-order valence-corrected chi connectivity index (χ4v) is 4.18. The summed E-state index contributed by atoms with van der Waals surface area (Å²) in [5, 5.41) is 9.04. The van der Waals surface area contributed by atoms with Gasteiger partial charge >= 0.3 is 0 Å². The largest absolute Gasteiger partial charge is 0.369 e. The number of anilines is 2. The summed E-state index contributed by atoms with van der Waals surface area (Å²) in [5.41, 5.74) is 4.09. The molecule has 4 heterocycles. The van der Waals surface area contributed by atoms with Crippen LogP contribution < -0.4 is 9.80 Å². The van der Waals surface area contributed by atoms with Gasteiger partial charge in [0.25, 0.3) is 0 Å². The number of nitrogens with zero attached hydrogens (tertiary/aromatic N) is 7. The quantitative estimate of drug-likeness (QED) is 0.683. The highest BCUT2D eigenvalue weighted by molar-refractivity contribution is 5.92. The molecule has 28 heavy (non-hydrogen) atoms. The standard InChI is InChI=1S/C20H25N7O/c1-15-19(24-28-23-15)13-25-8-10-26(11-9-25)16-4-5-18-17(12-16)20(22-14-21-18)27-6-2-3-7-27/h4-5,12,14H,2-3,6-11,13H2,1H3. The van der Waals surface area contributed by atoms with Crippen LogP contribution in [0.25, 0.3) is 10.9 Å². The minimum absolute atomic E-state index is 0.799. The summed E-state index contributed by atoms with van der Waals surface area (Å²) in [6, 6.07) is 6.58. The zero-order valence-corrected chi connectivity index (χ0v) is 16.2. The highest BCUT2D eigenvalue weighted by Gasteiger charge is 2.21. The lowest BCUT2D eigenvalue weighted by Crippen LogP contribution is -2.46. The van der Waals surface area contributed by atoms with Crippen LogP contribution in [0.5, 0.6) is 0 Å². The van der Waals surface area contributed by atoms with Crippen molar-refractivity contribution in [3.8, 4) is 0 Å². The molecule has 2 saturated heterocycles. The maximum atomic E-state index is 4.82. The first-order chi connectivity index (χ1) is 13.8. The fraction of sp³-hybridized carbons (Fsp3) is 0.500. The second kappa shape index (κ2) is 7.35. The molecular formula is C20H25N7O. The van der Waals surface area contributed by atoms with Crippen LogP contribution in [0.1, 0.15) is 24.2 Å². The van der Waals surface area contributed by atoms with Gasteiger partial charge in [-0.3, -0.25) is 4.90 Å². The predicted octanol–water partition coefficient (Wildman–Crippen LogP) is 2.24. The van der Waals surface area contributed by atoms with Crippen LogP contribution in [-0.4, -0.2) is 64.4 Å². The maximum absolute atomic E-state index is 4.82. The molecule has 0 unspecified atom stereocenters. The van der Waals surface area contributed by atoms with E-state index in [-0.39, 0.29) is 0 Å². The molecule has 8 nitrogen and oxygen atoms in total. The van der Waals surface area contributed by atoms with Crippen molar-refractivity contribution in [2.24, 2.45) is 0 Å². The third-order valence-electron chi connectivity index (χ3n) is 5.86. The van der Waals surface area contributed by atoms with E-state index in [4.69, 9.17) is 4.63 Å². The number of aryl methyl sites for hydroxylation is 1. The molecule has 146 valence electrons. The van der Waals surface area contributed by atoms with E-state index in [0.29, 0.717) is 0 Å². The molecular weight excluding hydrogens is 354 g/mol. The molecule has 3 aromatic rings. The molecule has 0 saturated carbocycles. The number of rotatable bonds is 4. The lowest BCUT2D eigenvalue weighted by molar-refractivity contribution is 0.237. The topological polar surface area (TPSA) is 74.4 Å². The number of piperazine rings is 1. The van der Waals surface area contributed by atoms with Crippen LogP contribution in [0.3, 0.4) is 0 Å². The first-order valence-electron chi connectivity index (χ1n) is 10.0. The summed E-state index contributed by atoms with van der Waals surface area (Å²) in [6.07, 6.45) is 4.18. The van der Waals surface area contributed by atoms with Gasteiger partial charge in [-0.05, 0) is 38.0 Å². The van der Waals surface area contributed by atoms with Gasteiger partial charge in [0.05, 0.1) is 5.52 Å². The number of benzene rings is 1. The monoisotopic (exact) mass is 379 g/mol. The summed E-state index contributed by atoms with van der Waals surface area (Å²) in [4.78, 5) is 16.3. The summed E-state index contributed by atoms with van der Waals surface area (Å²) in [7, 11) is 0. The first-order valence-corrected chi connectivity index (χ1v) is 10.0. The lowest BCUT2D eigenvalue weighted by atomic mass is 10.1. The number of fused-ring (bicyclic) bond motifs is 1. The number of hydrogen-bond acceptors (Lipinski definition) is 8. The Balaban J connectivity index is 1.32. The minimum atomic E-state index is 0.799. The van der Waals surface area contributed by atoms with E-state index in [9.17, 15) is 0 Å². The third kappa shape index (κ3) is 3.28. The molecule has 2 fully saturated rings. The van der Waals surface area contributed by atoms with Crippen LogP contribution in [-0.2, 0) is 6.54 Å². The summed E-state index contributed by atoms with van der Waals surface area (Å²) >= 11 is 0. The van der Waals surface area contributed by atoms with E-state index < -0.39 is 0 Å². The van der Waals surface area contributed by atoms with Gasteiger partial charge in [-0.25, -0.2) is 14.6 Å². The highest BCUT2D eigenvalue weighted by atomic mass is 16.6. The van der Waals surface area contributed by atoms with Crippen molar-refractivity contribution in [2.75, 3.05) is 49.1 Å². The van der Waals surface area contributed by atoms with E-state index in [1.54, 1.807) is 6.33 Å². The van der Waals surface area contributed by atoms with E-state index in [2.05, 4.69) is 53.2 Å². The normalized spacial score (nSPS) is 18.3.